The lowest BCUT2D eigenvalue weighted by Crippen LogP contribution is -2.26. The third-order valence-corrected chi connectivity index (χ3v) is 3.89. The highest BCUT2D eigenvalue weighted by Crippen LogP contribution is 2.29. The van der Waals surface area contributed by atoms with Gasteiger partial charge in [0.25, 0.3) is 0 Å². The maximum absolute atomic E-state index is 11.5. The van der Waals surface area contributed by atoms with Crippen molar-refractivity contribution < 1.29 is 9.53 Å². The second-order valence-electron chi connectivity index (χ2n) is 5.82. The van der Waals surface area contributed by atoms with Gasteiger partial charge in [0.15, 0.2) is 0 Å². The lowest BCUT2D eigenvalue weighted by molar-refractivity contribution is -0.124. The zero-order valence-electron chi connectivity index (χ0n) is 14.8. The van der Waals surface area contributed by atoms with Crippen molar-refractivity contribution >= 4 is 5.91 Å². The van der Waals surface area contributed by atoms with Gasteiger partial charge in [-0.25, -0.2) is 9.97 Å². The third kappa shape index (κ3) is 4.29. The Morgan fingerprint density at radius 2 is 1.81 bits per heavy atom. The van der Waals surface area contributed by atoms with E-state index >= 15 is 0 Å². The number of aromatic nitrogens is 3. The van der Waals surface area contributed by atoms with Crippen LogP contribution in [0.5, 0.6) is 0 Å². The summed E-state index contributed by atoms with van der Waals surface area (Å²) in [5.41, 5.74) is 4.85. The minimum absolute atomic E-state index is 0.0631. The smallest absolute Gasteiger partial charge is 0.246 e. The Labute approximate surface area is 152 Å². The molecule has 0 atom stereocenters. The van der Waals surface area contributed by atoms with Gasteiger partial charge in [0, 0.05) is 43.4 Å². The Morgan fingerprint density at radius 3 is 2.50 bits per heavy atom. The fourth-order valence-electron chi connectivity index (χ4n) is 2.60. The van der Waals surface area contributed by atoms with Crippen LogP contribution in [-0.4, -0.2) is 34.6 Å². The van der Waals surface area contributed by atoms with Crippen molar-refractivity contribution in [3.8, 4) is 22.4 Å². The number of nitrogens with one attached hydrogen (secondary N) is 1. The maximum atomic E-state index is 11.5. The summed E-state index contributed by atoms with van der Waals surface area (Å²) >= 11 is 0. The van der Waals surface area contributed by atoms with Crippen LogP contribution in [0.4, 0.5) is 0 Å². The molecule has 0 radical (unpaired) electrons. The molecule has 0 aliphatic carbocycles. The highest BCUT2D eigenvalue weighted by Gasteiger charge is 2.10. The van der Waals surface area contributed by atoms with Crippen LogP contribution in [0.3, 0.4) is 0 Å². The Hall–Kier alpha value is -3.12. The maximum Gasteiger partial charge on any atom is 0.246 e. The normalized spacial score (nSPS) is 10.5. The van der Waals surface area contributed by atoms with Crippen molar-refractivity contribution in [1.29, 1.82) is 0 Å². The van der Waals surface area contributed by atoms with Crippen molar-refractivity contribution in [3.63, 3.8) is 0 Å². The van der Waals surface area contributed by atoms with Crippen LogP contribution in [0.25, 0.3) is 22.4 Å². The molecule has 2 heterocycles. The van der Waals surface area contributed by atoms with Crippen LogP contribution >= 0.6 is 0 Å². The molecule has 0 unspecified atom stereocenters. The topological polar surface area (TPSA) is 77.0 Å². The van der Waals surface area contributed by atoms with E-state index in [1.54, 1.807) is 12.4 Å². The average molecular weight is 348 g/mol. The number of nitrogens with zero attached hydrogens (tertiary/aromatic N) is 3. The van der Waals surface area contributed by atoms with E-state index in [0.29, 0.717) is 12.4 Å². The van der Waals surface area contributed by atoms with Crippen molar-refractivity contribution in [2.24, 2.45) is 0 Å². The van der Waals surface area contributed by atoms with Gasteiger partial charge in [0.1, 0.15) is 12.4 Å². The van der Waals surface area contributed by atoms with Gasteiger partial charge < -0.3 is 10.1 Å². The molecule has 0 bridgehead atoms. The Bertz CT molecular complexity index is 880. The minimum Gasteiger partial charge on any atom is -0.375 e. The molecule has 3 aromatic rings. The number of aryl methyl sites for hydroxylation is 1. The summed E-state index contributed by atoms with van der Waals surface area (Å²) < 4.78 is 4.80. The molecule has 6 nitrogen and oxygen atoms in total. The van der Waals surface area contributed by atoms with Gasteiger partial charge in [-0.3, -0.25) is 9.78 Å². The number of ether oxygens (including phenoxy) is 1. The van der Waals surface area contributed by atoms with E-state index in [9.17, 15) is 4.79 Å². The van der Waals surface area contributed by atoms with Crippen LogP contribution in [0.1, 0.15) is 11.4 Å². The predicted octanol–water partition coefficient (Wildman–Crippen LogP) is 2.78. The van der Waals surface area contributed by atoms with Crippen LogP contribution in [0.15, 0.2) is 55.0 Å². The predicted molar refractivity (Wildman–Crippen MR) is 99.2 cm³/mol. The quantitative estimate of drug-likeness (QED) is 0.741. The van der Waals surface area contributed by atoms with Crippen molar-refractivity contribution in [3.05, 3.63) is 66.4 Å². The Kier molecular flexibility index (Phi) is 5.66. The first-order valence-electron chi connectivity index (χ1n) is 8.26. The molecule has 1 amide bonds. The largest absolute Gasteiger partial charge is 0.375 e. The summed E-state index contributed by atoms with van der Waals surface area (Å²) in [6.07, 6.45) is 5.35. The summed E-state index contributed by atoms with van der Waals surface area (Å²) in [5, 5.41) is 2.81. The van der Waals surface area contributed by atoms with E-state index in [-0.39, 0.29) is 12.5 Å². The molecular formula is C20H20N4O2. The fraction of sp³-hybridized carbons (Fsp3) is 0.200. The van der Waals surface area contributed by atoms with E-state index in [4.69, 9.17) is 4.74 Å². The molecule has 1 aromatic carbocycles. The first-order chi connectivity index (χ1) is 12.7. The Morgan fingerprint density at radius 1 is 1.08 bits per heavy atom. The summed E-state index contributed by atoms with van der Waals surface area (Å²) in [4.78, 5) is 24.5. The molecular weight excluding hydrogens is 328 g/mol. The lowest BCUT2D eigenvalue weighted by Gasteiger charge is -2.11. The molecule has 0 spiro atoms. The molecule has 0 aliphatic heterocycles. The van der Waals surface area contributed by atoms with Gasteiger partial charge in [0.2, 0.25) is 5.91 Å². The number of methoxy groups -OCH3 is 1. The van der Waals surface area contributed by atoms with Crippen LogP contribution in [0, 0.1) is 6.92 Å². The highest BCUT2D eigenvalue weighted by molar-refractivity contribution is 5.80. The van der Waals surface area contributed by atoms with Gasteiger partial charge in [-0.2, -0.15) is 0 Å². The van der Waals surface area contributed by atoms with E-state index in [1.165, 1.54) is 7.11 Å². The van der Waals surface area contributed by atoms with Gasteiger partial charge in [-0.15, -0.1) is 0 Å². The summed E-state index contributed by atoms with van der Waals surface area (Å²) in [6, 6.07) is 11.9. The zero-order chi connectivity index (χ0) is 18.4. The number of benzene rings is 1. The fourth-order valence-corrected chi connectivity index (χ4v) is 2.60. The average Bonchev–Trinajstić information content (AvgIpc) is 2.68. The van der Waals surface area contributed by atoms with Crippen LogP contribution in [-0.2, 0) is 16.1 Å². The number of pyridine rings is 1. The molecule has 6 heteroatoms. The molecule has 0 fully saturated rings. The van der Waals surface area contributed by atoms with Gasteiger partial charge in [0.05, 0.1) is 5.69 Å². The number of hydrogen-bond donors (Lipinski definition) is 1. The molecule has 0 saturated heterocycles. The third-order valence-electron chi connectivity index (χ3n) is 3.89. The van der Waals surface area contributed by atoms with Crippen molar-refractivity contribution in [2.75, 3.05) is 13.7 Å². The monoisotopic (exact) mass is 348 g/mol. The second-order valence-corrected chi connectivity index (χ2v) is 5.82. The minimum atomic E-state index is -0.136. The molecule has 0 saturated carbocycles. The number of hydrogen-bond acceptors (Lipinski definition) is 5. The van der Waals surface area contributed by atoms with E-state index in [0.717, 1.165) is 27.9 Å². The molecule has 2 aromatic heterocycles. The standard InChI is InChI=1S/C20H20N4O2/c1-14-22-12-18(16-7-9-21-10-8-16)20(24-14)17-5-3-15(4-6-17)11-23-19(25)13-26-2/h3-10,12H,11,13H2,1-2H3,(H,23,25). The van der Waals surface area contributed by atoms with Crippen molar-refractivity contribution in [2.45, 2.75) is 13.5 Å². The van der Waals surface area contributed by atoms with Gasteiger partial charge in [-0.05, 0) is 30.2 Å². The molecule has 0 aliphatic rings. The van der Waals surface area contributed by atoms with E-state index in [2.05, 4.69) is 20.3 Å². The molecule has 1 N–H and O–H groups in total. The van der Waals surface area contributed by atoms with Crippen LogP contribution < -0.4 is 5.32 Å². The van der Waals surface area contributed by atoms with Gasteiger partial charge >= 0.3 is 0 Å². The zero-order valence-corrected chi connectivity index (χ0v) is 14.8. The summed E-state index contributed by atoms with van der Waals surface area (Å²) in [5.74, 6) is 0.580. The first kappa shape index (κ1) is 17.7. The SMILES string of the molecule is COCC(=O)NCc1ccc(-c2nc(C)ncc2-c2ccncc2)cc1. The summed E-state index contributed by atoms with van der Waals surface area (Å²) in [6.45, 7) is 2.40. The Balaban J connectivity index is 1.85. The lowest BCUT2D eigenvalue weighted by atomic mass is 10.0. The molecule has 132 valence electrons. The van der Waals surface area contributed by atoms with E-state index < -0.39 is 0 Å². The second kappa shape index (κ2) is 8.31. The number of amides is 1. The summed E-state index contributed by atoms with van der Waals surface area (Å²) in [7, 11) is 1.50. The molecule has 3 rings (SSSR count). The van der Waals surface area contributed by atoms with Crippen molar-refractivity contribution in [1.82, 2.24) is 20.3 Å². The van der Waals surface area contributed by atoms with E-state index in [1.807, 2.05) is 49.5 Å². The van der Waals surface area contributed by atoms with Crippen LogP contribution in [0.2, 0.25) is 0 Å². The molecule has 26 heavy (non-hydrogen) atoms. The first-order valence-corrected chi connectivity index (χ1v) is 8.26. The number of carbonyl (C=O) groups is 1. The number of rotatable bonds is 6. The van der Waals surface area contributed by atoms with Gasteiger partial charge in [-0.1, -0.05) is 24.3 Å². The highest BCUT2D eigenvalue weighted by atomic mass is 16.5. The number of carbonyl (C=O) groups excluding carboxylic acids is 1.